The minimum Gasteiger partial charge on any atom is -0.491 e. The van der Waals surface area contributed by atoms with E-state index < -0.39 is 0 Å². The summed E-state index contributed by atoms with van der Waals surface area (Å²) >= 11 is 3.41. The van der Waals surface area contributed by atoms with E-state index in [9.17, 15) is 0 Å². The number of rotatable bonds is 3. The summed E-state index contributed by atoms with van der Waals surface area (Å²) in [5.74, 6) is 0.709. The standard InChI is InChI=1S/C11H12BrNO/c1-8-3-4-11(10(12)5-8)14-7-9(2)6-13/h3-5,9H,7H2,1-2H3. The van der Waals surface area contributed by atoms with Crippen LogP contribution >= 0.6 is 15.9 Å². The average molecular weight is 254 g/mol. The molecule has 0 aliphatic heterocycles. The molecule has 3 heteroatoms. The van der Waals surface area contributed by atoms with Gasteiger partial charge >= 0.3 is 0 Å². The van der Waals surface area contributed by atoms with E-state index in [1.807, 2.05) is 32.0 Å². The van der Waals surface area contributed by atoms with Crippen molar-refractivity contribution in [3.8, 4) is 11.8 Å². The van der Waals surface area contributed by atoms with Gasteiger partial charge < -0.3 is 4.74 Å². The third-order valence-corrected chi connectivity index (χ3v) is 2.42. The van der Waals surface area contributed by atoms with Gasteiger partial charge in [-0.15, -0.1) is 0 Å². The Bertz CT molecular complexity index is 357. The summed E-state index contributed by atoms with van der Waals surface area (Å²) < 4.78 is 6.41. The quantitative estimate of drug-likeness (QED) is 0.829. The van der Waals surface area contributed by atoms with Gasteiger partial charge in [-0.1, -0.05) is 6.07 Å². The predicted molar refractivity (Wildman–Crippen MR) is 59.2 cm³/mol. The largest absolute Gasteiger partial charge is 0.491 e. The first-order valence-electron chi connectivity index (χ1n) is 4.42. The molecule has 0 radical (unpaired) electrons. The zero-order valence-corrected chi connectivity index (χ0v) is 9.84. The van der Waals surface area contributed by atoms with Crippen molar-refractivity contribution in [2.75, 3.05) is 6.61 Å². The van der Waals surface area contributed by atoms with Crippen LogP contribution in [0.3, 0.4) is 0 Å². The Hall–Kier alpha value is -1.01. The SMILES string of the molecule is Cc1ccc(OCC(C)C#N)c(Br)c1. The van der Waals surface area contributed by atoms with E-state index in [2.05, 4.69) is 22.0 Å². The summed E-state index contributed by atoms with van der Waals surface area (Å²) in [4.78, 5) is 0. The molecular weight excluding hydrogens is 242 g/mol. The van der Waals surface area contributed by atoms with Crippen LogP contribution in [-0.2, 0) is 0 Å². The molecule has 1 atom stereocenters. The highest BCUT2D eigenvalue weighted by Gasteiger charge is 2.04. The van der Waals surface area contributed by atoms with Gasteiger partial charge in [0.2, 0.25) is 0 Å². The van der Waals surface area contributed by atoms with Crippen LogP contribution in [0.5, 0.6) is 5.75 Å². The van der Waals surface area contributed by atoms with Crippen molar-refractivity contribution in [1.82, 2.24) is 0 Å². The second-order valence-electron chi connectivity index (χ2n) is 3.28. The molecule has 14 heavy (non-hydrogen) atoms. The van der Waals surface area contributed by atoms with Crippen molar-refractivity contribution in [3.63, 3.8) is 0 Å². The minimum atomic E-state index is -0.0804. The van der Waals surface area contributed by atoms with E-state index in [0.717, 1.165) is 10.2 Å². The van der Waals surface area contributed by atoms with Gasteiger partial charge in [0.1, 0.15) is 12.4 Å². The number of halogens is 1. The number of benzene rings is 1. The Kier molecular flexibility index (Phi) is 3.97. The molecule has 1 aromatic rings. The average Bonchev–Trinajstić information content (AvgIpc) is 2.16. The minimum absolute atomic E-state index is 0.0804. The number of hydrogen-bond acceptors (Lipinski definition) is 2. The molecule has 0 fully saturated rings. The van der Waals surface area contributed by atoms with Gasteiger partial charge in [-0.2, -0.15) is 5.26 Å². The van der Waals surface area contributed by atoms with Crippen molar-refractivity contribution >= 4 is 15.9 Å². The highest BCUT2D eigenvalue weighted by Crippen LogP contribution is 2.25. The first-order valence-corrected chi connectivity index (χ1v) is 5.21. The van der Waals surface area contributed by atoms with Crippen molar-refractivity contribution < 1.29 is 4.74 Å². The lowest BCUT2D eigenvalue weighted by atomic mass is 10.2. The Morgan fingerprint density at radius 3 is 2.86 bits per heavy atom. The predicted octanol–water partition coefficient (Wildman–Crippen LogP) is 3.30. The summed E-state index contributed by atoms with van der Waals surface area (Å²) in [7, 11) is 0. The molecule has 74 valence electrons. The van der Waals surface area contributed by atoms with Crippen LogP contribution in [0.1, 0.15) is 12.5 Å². The third-order valence-electron chi connectivity index (χ3n) is 1.80. The van der Waals surface area contributed by atoms with Crippen LogP contribution in [0.15, 0.2) is 22.7 Å². The Balaban J connectivity index is 2.64. The maximum atomic E-state index is 8.58. The number of nitriles is 1. The summed E-state index contributed by atoms with van der Waals surface area (Å²) in [6.07, 6.45) is 0. The first kappa shape index (κ1) is 11.1. The summed E-state index contributed by atoms with van der Waals surface area (Å²) in [6.45, 7) is 4.28. The van der Waals surface area contributed by atoms with Crippen LogP contribution < -0.4 is 4.74 Å². The first-order chi connectivity index (χ1) is 6.63. The highest BCUT2D eigenvalue weighted by molar-refractivity contribution is 9.10. The Labute approximate surface area is 92.6 Å². The number of hydrogen-bond donors (Lipinski definition) is 0. The molecule has 1 unspecified atom stereocenters. The third kappa shape index (κ3) is 3.04. The Morgan fingerprint density at radius 1 is 1.57 bits per heavy atom. The lowest BCUT2D eigenvalue weighted by Gasteiger charge is -2.09. The molecule has 1 aromatic carbocycles. The van der Waals surface area contributed by atoms with E-state index in [0.29, 0.717) is 6.61 Å². The number of ether oxygens (including phenoxy) is 1. The molecule has 0 saturated carbocycles. The van der Waals surface area contributed by atoms with Gasteiger partial charge in [0.25, 0.3) is 0 Å². The van der Waals surface area contributed by atoms with Crippen LogP contribution in [0.4, 0.5) is 0 Å². The molecular formula is C11H12BrNO. The van der Waals surface area contributed by atoms with Crippen LogP contribution in [0, 0.1) is 24.2 Å². The molecule has 0 aromatic heterocycles. The van der Waals surface area contributed by atoms with Crippen molar-refractivity contribution in [1.29, 1.82) is 5.26 Å². The second-order valence-corrected chi connectivity index (χ2v) is 4.13. The van der Waals surface area contributed by atoms with Crippen molar-refractivity contribution in [2.24, 2.45) is 5.92 Å². The molecule has 0 aliphatic rings. The summed E-state index contributed by atoms with van der Waals surface area (Å²) in [6, 6.07) is 8.01. The Morgan fingerprint density at radius 2 is 2.29 bits per heavy atom. The molecule has 2 nitrogen and oxygen atoms in total. The molecule has 0 heterocycles. The van der Waals surface area contributed by atoms with E-state index in [-0.39, 0.29) is 5.92 Å². The fourth-order valence-electron chi connectivity index (χ4n) is 0.975. The normalized spacial score (nSPS) is 11.9. The van der Waals surface area contributed by atoms with Crippen LogP contribution in [0.25, 0.3) is 0 Å². The van der Waals surface area contributed by atoms with E-state index in [1.54, 1.807) is 0 Å². The van der Waals surface area contributed by atoms with E-state index in [4.69, 9.17) is 10.00 Å². The molecule has 0 spiro atoms. The van der Waals surface area contributed by atoms with E-state index >= 15 is 0 Å². The fraction of sp³-hybridized carbons (Fsp3) is 0.364. The summed E-state index contributed by atoms with van der Waals surface area (Å²) in [5, 5.41) is 8.58. The molecule has 1 rings (SSSR count). The molecule has 0 N–H and O–H groups in total. The zero-order valence-electron chi connectivity index (χ0n) is 8.25. The summed E-state index contributed by atoms with van der Waals surface area (Å²) in [5.41, 5.74) is 1.18. The van der Waals surface area contributed by atoms with Crippen LogP contribution in [0.2, 0.25) is 0 Å². The van der Waals surface area contributed by atoms with Gasteiger partial charge in [0.15, 0.2) is 0 Å². The maximum Gasteiger partial charge on any atom is 0.133 e. The molecule has 0 aliphatic carbocycles. The smallest absolute Gasteiger partial charge is 0.133 e. The monoisotopic (exact) mass is 253 g/mol. The molecule has 0 saturated heterocycles. The maximum absolute atomic E-state index is 8.58. The van der Waals surface area contributed by atoms with Gasteiger partial charge in [-0.25, -0.2) is 0 Å². The molecule has 0 bridgehead atoms. The van der Waals surface area contributed by atoms with Crippen molar-refractivity contribution in [2.45, 2.75) is 13.8 Å². The second kappa shape index (κ2) is 5.02. The van der Waals surface area contributed by atoms with Crippen molar-refractivity contribution in [3.05, 3.63) is 28.2 Å². The van der Waals surface area contributed by atoms with Gasteiger partial charge in [-0.05, 0) is 47.5 Å². The number of nitrogens with zero attached hydrogens (tertiary/aromatic N) is 1. The van der Waals surface area contributed by atoms with Gasteiger partial charge in [-0.3, -0.25) is 0 Å². The molecule has 0 amide bonds. The lowest BCUT2D eigenvalue weighted by Crippen LogP contribution is -2.06. The van der Waals surface area contributed by atoms with E-state index in [1.165, 1.54) is 5.56 Å². The van der Waals surface area contributed by atoms with Crippen LogP contribution in [-0.4, -0.2) is 6.61 Å². The number of aryl methyl sites for hydroxylation is 1. The van der Waals surface area contributed by atoms with Gasteiger partial charge in [0, 0.05) is 0 Å². The van der Waals surface area contributed by atoms with Gasteiger partial charge in [0.05, 0.1) is 16.5 Å². The highest BCUT2D eigenvalue weighted by atomic mass is 79.9. The lowest BCUT2D eigenvalue weighted by molar-refractivity contribution is 0.286. The fourth-order valence-corrected chi connectivity index (χ4v) is 1.58. The topological polar surface area (TPSA) is 33.0 Å². The zero-order chi connectivity index (χ0) is 10.6.